The summed E-state index contributed by atoms with van der Waals surface area (Å²) in [7, 11) is 1.78. The molecule has 1 N–H and O–H groups in total. The fourth-order valence-corrected chi connectivity index (χ4v) is 3.24. The molecule has 4 heteroatoms. The van der Waals surface area contributed by atoms with Gasteiger partial charge in [0.15, 0.2) is 0 Å². The lowest BCUT2D eigenvalue weighted by molar-refractivity contribution is -0.0978. The summed E-state index contributed by atoms with van der Waals surface area (Å²) >= 11 is 3.50. The molecule has 1 aliphatic rings. The lowest BCUT2D eigenvalue weighted by Crippen LogP contribution is -2.57. The first-order valence-electron chi connectivity index (χ1n) is 6.84. The summed E-state index contributed by atoms with van der Waals surface area (Å²) in [5, 5.41) is 3.50. The molecule has 1 atom stereocenters. The Kier molecular flexibility index (Phi) is 4.98. The lowest BCUT2D eigenvalue weighted by atomic mass is 9.72. The molecule has 0 aromatic heterocycles. The topological polar surface area (TPSA) is 21.3 Å². The number of benzene rings is 1. The van der Waals surface area contributed by atoms with E-state index in [1.54, 1.807) is 19.2 Å². The van der Waals surface area contributed by atoms with Crippen molar-refractivity contribution in [1.82, 2.24) is 5.32 Å². The molecule has 1 aliphatic carbocycles. The summed E-state index contributed by atoms with van der Waals surface area (Å²) in [6.45, 7) is 2.98. The van der Waals surface area contributed by atoms with Crippen molar-refractivity contribution in [2.45, 2.75) is 44.2 Å². The van der Waals surface area contributed by atoms with Crippen molar-refractivity contribution in [2.24, 2.45) is 0 Å². The summed E-state index contributed by atoms with van der Waals surface area (Å²) in [5.41, 5.74) is 0.913. The molecule has 1 unspecified atom stereocenters. The SMILES string of the molecule is CCNC(Cc1cc(F)ccc1Br)C1(OC)CCC1. The van der Waals surface area contributed by atoms with Gasteiger partial charge in [0.1, 0.15) is 5.82 Å². The third-order valence-corrected chi connectivity index (χ3v) is 4.90. The standard InChI is InChI=1S/C15H21BrFNO/c1-3-18-14(15(19-2)7-4-8-15)10-11-9-12(17)5-6-13(11)16/h5-6,9,14,18H,3-4,7-8,10H2,1-2H3. The highest BCUT2D eigenvalue weighted by Gasteiger charge is 2.44. The minimum atomic E-state index is -0.187. The average molecular weight is 330 g/mol. The minimum Gasteiger partial charge on any atom is -0.377 e. The number of rotatable bonds is 6. The number of methoxy groups -OCH3 is 1. The molecule has 0 spiro atoms. The molecule has 19 heavy (non-hydrogen) atoms. The molecule has 106 valence electrons. The van der Waals surface area contributed by atoms with E-state index in [0.29, 0.717) is 0 Å². The van der Waals surface area contributed by atoms with Crippen LogP contribution in [-0.2, 0) is 11.2 Å². The fraction of sp³-hybridized carbons (Fsp3) is 0.600. The van der Waals surface area contributed by atoms with Crippen LogP contribution in [0.5, 0.6) is 0 Å². The number of ether oxygens (including phenoxy) is 1. The summed E-state index contributed by atoms with van der Waals surface area (Å²) in [4.78, 5) is 0. The molecule has 0 heterocycles. The van der Waals surface area contributed by atoms with E-state index in [0.717, 1.165) is 35.8 Å². The van der Waals surface area contributed by atoms with Crippen LogP contribution in [0.25, 0.3) is 0 Å². The molecule has 0 bridgehead atoms. The number of hydrogen-bond acceptors (Lipinski definition) is 2. The summed E-state index contributed by atoms with van der Waals surface area (Å²) in [6.07, 6.45) is 4.14. The van der Waals surface area contributed by atoms with Crippen LogP contribution in [0.3, 0.4) is 0 Å². The van der Waals surface area contributed by atoms with E-state index in [4.69, 9.17) is 4.74 Å². The van der Waals surface area contributed by atoms with E-state index in [-0.39, 0.29) is 17.5 Å². The zero-order valence-corrected chi connectivity index (χ0v) is 13.1. The van der Waals surface area contributed by atoms with E-state index >= 15 is 0 Å². The second kappa shape index (κ2) is 6.33. The van der Waals surface area contributed by atoms with Crippen LogP contribution in [0.4, 0.5) is 4.39 Å². The Morgan fingerprint density at radius 2 is 2.21 bits per heavy atom. The zero-order valence-electron chi connectivity index (χ0n) is 11.5. The maximum atomic E-state index is 13.4. The van der Waals surface area contributed by atoms with Gasteiger partial charge >= 0.3 is 0 Å². The van der Waals surface area contributed by atoms with Crippen molar-refractivity contribution in [2.75, 3.05) is 13.7 Å². The molecule has 0 radical (unpaired) electrons. The van der Waals surface area contributed by atoms with Crippen LogP contribution >= 0.6 is 15.9 Å². The first-order valence-corrected chi connectivity index (χ1v) is 7.63. The molecule has 1 aromatic carbocycles. The third-order valence-electron chi connectivity index (χ3n) is 4.12. The Morgan fingerprint density at radius 3 is 2.74 bits per heavy atom. The van der Waals surface area contributed by atoms with E-state index in [9.17, 15) is 4.39 Å². The van der Waals surface area contributed by atoms with Crippen molar-refractivity contribution in [3.63, 3.8) is 0 Å². The largest absolute Gasteiger partial charge is 0.377 e. The second-order valence-electron chi connectivity index (χ2n) is 5.17. The molecule has 1 fully saturated rings. The van der Waals surface area contributed by atoms with Crippen LogP contribution in [0.1, 0.15) is 31.7 Å². The van der Waals surface area contributed by atoms with E-state index in [1.165, 1.54) is 12.5 Å². The van der Waals surface area contributed by atoms with Gasteiger partial charge in [-0.3, -0.25) is 0 Å². The van der Waals surface area contributed by atoms with Crippen molar-refractivity contribution < 1.29 is 9.13 Å². The highest BCUT2D eigenvalue weighted by atomic mass is 79.9. The van der Waals surface area contributed by atoms with Crippen LogP contribution in [0.2, 0.25) is 0 Å². The van der Waals surface area contributed by atoms with Gasteiger partial charge < -0.3 is 10.1 Å². The van der Waals surface area contributed by atoms with E-state index < -0.39 is 0 Å². The fourth-order valence-electron chi connectivity index (χ4n) is 2.83. The van der Waals surface area contributed by atoms with Gasteiger partial charge in [0.2, 0.25) is 0 Å². The molecular weight excluding hydrogens is 309 g/mol. The first-order chi connectivity index (χ1) is 9.11. The number of hydrogen-bond donors (Lipinski definition) is 1. The van der Waals surface area contributed by atoms with Gasteiger partial charge in [0.25, 0.3) is 0 Å². The quantitative estimate of drug-likeness (QED) is 0.859. The van der Waals surface area contributed by atoms with Gasteiger partial charge in [-0.15, -0.1) is 0 Å². The number of halogens is 2. The molecule has 0 amide bonds. The molecule has 1 aromatic rings. The lowest BCUT2D eigenvalue weighted by Gasteiger charge is -2.47. The van der Waals surface area contributed by atoms with E-state index in [1.807, 2.05) is 0 Å². The Hall–Kier alpha value is -0.450. The molecule has 0 aliphatic heterocycles. The average Bonchev–Trinajstić information content (AvgIpc) is 2.33. The van der Waals surface area contributed by atoms with Gasteiger partial charge in [0, 0.05) is 17.6 Å². The highest BCUT2D eigenvalue weighted by Crippen LogP contribution is 2.39. The maximum absolute atomic E-state index is 13.4. The van der Waals surface area contributed by atoms with Crippen molar-refractivity contribution in [3.05, 3.63) is 34.1 Å². The predicted octanol–water partition coefficient (Wildman–Crippen LogP) is 3.68. The minimum absolute atomic E-state index is 0.0816. The van der Waals surface area contributed by atoms with Crippen LogP contribution < -0.4 is 5.32 Å². The van der Waals surface area contributed by atoms with Gasteiger partial charge in [0.05, 0.1) is 5.60 Å². The Balaban J connectivity index is 2.18. The van der Waals surface area contributed by atoms with Crippen molar-refractivity contribution in [1.29, 1.82) is 0 Å². The van der Waals surface area contributed by atoms with Gasteiger partial charge in [-0.2, -0.15) is 0 Å². The van der Waals surface area contributed by atoms with Crippen LogP contribution in [0, 0.1) is 5.82 Å². The highest BCUT2D eigenvalue weighted by molar-refractivity contribution is 9.10. The predicted molar refractivity (Wildman–Crippen MR) is 78.9 cm³/mol. The number of nitrogens with one attached hydrogen (secondary N) is 1. The summed E-state index contributed by atoms with van der Waals surface area (Å²) < 4.78 is 20.1. The zero-order chi connectivity index (χ0) is 13.9. The smallest absolute Gasteiger partial charge is 0.123 e. The van der Waals surface area contributed by atoms with Crippen molar-refractivity contribution in [3.8, 4) is 0 Å². The molecule has 2 rings (SSSR count). The van der Waals surface area contributed by atoms with E-state index in [2.05, 4.69) is 28.2 Å². The molecular formula is C15H21BrFNO. The summed E-state index contributed by atoms with van der Waals surface area (Å²) in [6, 6.07) is 5.09. The normalized spacial score (nSPS) is 18.9. The van der Waals surface area contributed by atoms with Gasteiger partial charge in [-0.25, -0.2) is 4.39 Å². The maximum Gasteiger partial charge on any atom is 0.123 e. The van der Waals surface area contributed by atoms with Gasteiger partial charge in [-0.05, 0) is 56.0 Å². The third kappa shape index (κ3) is 3.18. The van der Waals surface area contributed by atoms with Crippen LogP contribution in [0.15, 0.2) is 22.7 Å². The molecule has 2 nitrogen and oxygen atoms in total. The van der Waals surface area contributed by atoms with Crippen molar-refractivity contribution >= 4 is 15.9 Å². The monoisotopic (exact) mass is 329 g/mol. The Morgan fingerprint density at radius 1 is 1.47 bits per heavy atom. The Bertz CT molecular complexity index is 429. The van der Waals surface area contributed by atoms with Crippen LogP contribution in [-0.4, -0.2) is 25.3 Å². The molecule has 0 saturated heterocycles. The second-order valence-corrected chi connectivity index (χ2v) is 6.03. The Labute approximate surface area is 122 Å². The molecule has 1 saturated carbocycles. The number of likely N-dealkylation sites (N-methyl/N-ethyl adjacent to an activating group) is 1. The van der Waals surface area contributed by atoms with Gasteiger partial charge in [-0.1, -0.05) is 22.9 Å². The summed E-state index contributed by atoms with van der Waals surface area (Å²) in [5.74, 6) is -0.187. The first kappa shape index (κ1) is 14.9.